The first-order chi connectivity index (χ1) is 8.49. The number of nitrogens with zero attached hydrogens (tertiary/aromatic N) is 2. The van der Waals surface area contributed by atoms with Crippen molar-refractivity contribution >= 4 is 11.6 Å². The lowest BCUT2D eigenvalue weighted by Crippen LogP contribution is -2.16. The van der Waals surface area contributed by atoms with E-state index in [-0.39, 0.29) is 0 Å². The van der Waals surface area contributed by atoms with Crippen LogP contribution in [0.4, 0.5) is 0 Å². The molecule has 2 atom stereocenters. The molecule has 3 heteroatoms. The van der Waals surface area contributed by atoms with Crippen LogP contribution in [0, 0.1) is 12.8 Å². The van der Waals surface area contributed by atoms with E-state index in [1.54, 1.807) is 0 Å². The summed E-state index contributed by atoms with van der Waals surface area (Å²) < 4.78 is 0. The fraction of sp³-hybridized carbons (Fsp3) is 0.733. The van der Waals surface area contributed by atoms with Gasteiger partial charge in [-0.3, -0.25) is 0 Å². The molecule has 2 unspecified atom stereocenters. The second-order valence-electron chi connectivity index (χ2n) is 6.00. The molecule has 0 aliphatic heterocycles. The molecule has 2 rings (SSSR count). The first-order valence-electron chi connectivity index (χ1n) is 7.03. The largest absolute Gasteiger partial charge is 0.238 e. The van der Waals surface area contributed by atoms with Crippen LogP contribution in [0.3, 0.4) is 0 Å². The van der Waals surface area contributed by atoms with E-state index in [1.807, 2.05) is 0 Å². The SMILES string of the molecule is Cc1nc(C2CCCC(C)C2)nc(Cl)c1C(C)C. The summed E-state index contributed by atoms with van der Waals surface area (Å²) in [5.41, 5.74) is 2.16. The Morgan fingerprint density at radius 3 is 2.50 bits per heavy atom. The molecule has 0 N–H and O–H groups in total. The topological polar surface area (TPSA) is 25.8 Å². The Hall–Kier alpha value is -0.630. The molecule has 1 aromatic rings. The second kappa shape index (κ2) is 5.56. The summed E-state index contributed by atoms with van der Waals surface area (Å²) >= 11 is 6.33. The minimum absolute atomic E-state index is 0.386. The zero-order chi connectivity index (χ0) is 13.3. The van der Waals surface area contributed by atoms with E-state index in [9.17, 15) is 0 Å². The molecule has 1 saturated carbocycles. The van der Waals surface area contributed by atoms with E-state index in [0.29, 0.717) is 17.0 Å². The van der Waals surface area contributed by atoms with Crippen molar-refractivity contribution in [1.82, 2.24) is 9.97 Å². The molecule has 0 spiro atoms. The second-order valence-corrected chi connectivity index (χ2v) is 6.35. The van der Waals surface area contributed by atoms with Crippen molar-refractivity contribution in [3.05, 3.63) is 22.2 Å². The average molecular weight is 267 g/mol. The van der Waals surface area contributed by atoms with Crippen LogP contribution in [0.15, 0.2) is 0 Å². The van der Waals surface area contributed by atoms with Gasteiger partial charge < -0.3 is 0 Å². The van der Waals surface area contributed by atoms with Crippen molar-refractivity contribution in [2.24, 2.45) is 5.92 Å². The molecule has 2 nitrogen and oxygen atoms in total. The standard InChI is InChI=1S/C15H23ClN2/c1-9(2)13-11(4)17-15(18-14(13)16)12-7-5-6-10(3)8-12/h9-10,12H,5-8H2,1-4H3. The van der Waals surface area contributed by atoms with Crippen molar-refractivity contribution < 1.29 is 0 Å². The van der Waals surface area contributed by atoms with Crippen molar-refractivity contribution in [2.45, 2.75) is 65.2 Å². The molecule has 100 valence electrons. The van der Waals surface area contributed by atoms with Crippen LogP contribution >= 0.6 is 11.6 Å². The average Bonchev–Trinajstić information content (AvgIpc) is 2.27. The van der Waals surface area contributed by atoms with Crippen LogP contribution in [-0.4, -0.2) is 9.97 Å². The maximum Gasteiger partial charge on any atom is 0.136 e. The molecule has 1 aromatic heterocycles. The summed E-state index contributed by atoms with van der Waals surface area (Å²) in [6.07, 6.45) is 5.04. The lowest BCUT2D eigenvalue weighted by molar-refractivity contribution is 0.334. The Labute approximate surface area is 115 Å². The van der Waals surface area contributed by atoms with Gasteiger partial charge in [0.25, 0.3) is 0 Å². The van der Waals surface area contributed by atoms with Gasteiger partial charge in [-0.05, 0) is 31.6 Å². The van der Waals surface area contributed by atoms with Crippen molar-refractivity contribution in [2.75, 3.05) is 0 Å². The predicted molar refractivity (Wildman–Crippen MR) is 76.2 cm³/mol. The lowest BCUT2D eigenvalue weighted by atomic mass is 9.82. The third-order valence-electron chi connectivity index (χ3n) is 3.99. The Balaban J connectivity index is 2.30. The number of hydrogen-bond donors (Lipinski definition) is 0. The number of rotatable bonds is 2. The molecule has 18 heavy (non-hydrogen) atoms. The molecule has 1 heterocycles. The zero-order valence-electron chi connectivity index (χ0n) is 11.8. The van der Waals surface area contributed by atoms with E-state index >= 15 is 0 Å². The monoisotopic (exact) mass is 266 g/mol. The number of aryl methyl sites for hydroxylation is 1. The summed E-state index contributed by atoms with van der Waals surface area (Å²) in [5.74, 6) is 2.65. The maximum atomic E-state index is 6.33. The highest BCUT2D eigenvalue weighted by molar-refractivity contribution is 6.30. The number of halogens is 1. The molecule has 1 fully saturated rings. The molecule has 0 amide bonds. The quantitative estimate of drug-likeness (QED) is 0.715. The summed E-state index contributed by atoms with van der Waals surface area (Å²) in [7, 11) is 0. The summed E-state index contributed by atoms with van der Waals surface area (Å²) in [6, 6.07) is 0. The van der Waals surface area contributed by atoms with Crippen LogP contribution in [0.1, 0.15) is 75.4 Å². The van der Waals surface area contributed by atoms with Crippen molar-refractivity contribution in [1.29, 1.82) is 0 Å². The molecular formula is C15H23ClN2. The van der Waals surface area contributed by atoms with Crippen LogP contribution < -0.4 is 0 Å². The minimum Gasteiger partial charge on any atom is -0.238 e. The van der Waals surface area contributed by atoms with Gasteiger partial charge in [0.1, 0.15) is 11.0 Å². The summed E-state index contributed by atoms with van der Waals surface area (Å²) in [6.45, 7) is 8.65. The molecular weight excluding hydrogens is 244 g/mol. The van der Waals surface area contributed by atoms with E-state index in [2.05, 4.69) is 32.7 Å². The van der Waals surface area contributed by atoms with Gasteiger partial charge in [0.05, 0.1) is 0 Å². The van der Waals surface area contributed by atoms with Gasteiger partial charge in [0, 0.05) is 17.2 Å². The molecule has 1 aliphatic carbocycles. The highest BCUT2D eigenvalue weighted by Gasteiger charge is 2.24. The molecule has 0 aromatic carbocycles. The maximum absolute atomic E-state index is 6.33. The Bertz CT molecular complexity index is 405. The third-order valence-corrected chi connectivity index (χ3v) is 4.27. The smallest absolute Gasteiger partial charge is 0.136 e. The van der Waals surface area contributed by atoms with Crippen LogP contribution in [0.2, 0.25) is 5.15 Å². The van der Waals surface area contributed by atoms with Gasteiger partial charge >= 0.3 is 0 Å². The Kier molecular flexibility index (Phi) is 4.26. The first-order valence-corrected chi connectivity index (χ1v) is 7.40. The highest BCUT2D eigenvalue weighted by Crippen LogP contribution is 2.36. The molecule has 0 saturated heterocycles. The van der Waals surface area contributed by atoms with Crippen molar-refractivity contribution in [3.8, 4) is 0 Å². The van der Waals surface area contributed by atoms with Gasteiger partial charge in [0.2, 0.25) is 0 Å². The van der Waals surface area contributed by atoms with E-state index in [0.717, 1.165) is 23.0 Å². The fourth-order valence-corrected chi connectivity index (χ4v) is 3.52. The van der Waals surface area contributed by atoms with Gasteiger partial charge in [-0.1, -0.05) is 45.2 Å². The fourth-order valence-electron chi connectivity index (χ4n) is 3.07. The van der Waals surface area contributed by atoms with Gasteiger partial charge in [-0.2, -0.15) is 0 Å². The number of hydrogen-bond acceptors (Lipinski definition) is 2. The lowest BCUT2D eigenvalue weighted by Gasteiger charge is -2.26. The summed E-state index contributed by atoms with van der Waals surface area (Å²) in [5, 5.41) is 0.658. The normalized spacial score (nSPS) is 24.6. The van der Waals surface area contributed by atoms with Crippen LogP contribution in [0.5, 0.6) is 0 Å². The molecule has 1 aliphatic rings. The van der Waals surface area contributed by atoms with E-state index < -0.39 is 0 Å². The zero-order valence-corrected chi connectivity index (χ0v) is 12.6. The summed E-state index contributed by atoms with van der Waals surface area (Å²) in [4.78, 5) is 9.29. The molecule has 0 bridgehead atoms. The van der Waals surface area contributed by atoms with Crippen molar-refractivity contribution in [3.63, 3.8) is 0 Å². The van der Waals surface area contributed by atoms with Gasteiger partial charge in [-0.15, -0.1) is 0 Å². The first kappa shape index (κ1) is 13.8. The molecule has 0 radical (unpaired) electrons. The van der Waals surface area contributed by atoms with Crippen LogP contribution in [-0.2, 0) is 0 Å². The van der Waals surface area contributed by atoms with Crippen LogP contribution in [0.25, 0.3) is 0 Å². The number of aromatic nitrogens is 2. The predicted octanol–water partition coefficient (Wildman–Crippen LogP) is 4.86. The Morgan fingerprint density at radius 2 is 1.94 bits per heavy atom. The van der Waals surface area contributed by atoms with E-state index in [1.165, 1.54) is 25.7 Å². The third kappa shape index (κ3) is 2.85. The Morgan fingerprint density at radius 1 is 1.22 bits per heavy atom. The van der Waals surface area contributed by atoms with Gasteiger partial charge in [-0.25, -0.2) is 9.97 Å². The highest BCUT2D eigenvalue weighted by atomic mass is 35.5. The van der Waals surface area contributed by atoms with Gasteiger partial charge in [0.15, 0.2) is 0 Å². The van der Waals surface area contributed by atoms with E-state index in [4.69, 9.17) is 16.6 Å². The minimum atomic E-state index is 0.386.